The SMILES string of the molecule is CCCc1cc(S(N)(=O)=O)ccc1OC(C(=O)OC)c1ccc2c(c1)OCO2. The van der Waals surface area contributed by atoms with Crippen LogP contribution in [-0.2, 0) is 26.0 Å². The van der Waals surface area contributed by atoms with Crippen molar-refractivity contribution in [3.8, 4) is 17.2 Å². The summed E-state index contributed by atoms with van der Waals surface area (Å²) in [7, 11) is -2.58. The predicted octanol–water partition coefficient (Wildman–Crippen LogP) is 2.31. The highest BCUT2D eigenvalue weighted by Gasteiger charge is 2.27. The van der Waals surface area contributed by atoms with Crippen LogP contribution in [0.3, 0.4) is 0 Å². The van der Waals surface area contributed by atoms with Gasteiger partial charge in [0.15, 0.2) is 11.5 Å². The molecule has 2 N–H and O–H groups in total. The van der Waals surface area contributed by atoms with Crippen molar-refractivity contribution in [1.82, 2.24) is 0 Å². The third-order valence-electron chi connectivity index (χ3n) is 4.24. The summed E-state index contributed by atoms with van der Waals surface area (Å²) in [4.78, 5) is 12.4. The number of methoxy groups -OCH3 is 1. The summed E-state index contributed by atoms with van der Waals surface area (Å²) in [5.74, 6) is 0.865. The van der Waals surface area contributed by atoms with E-state index in [1.165, 1.54) is 25.3 Å². The van der Waals surface area contributed by atoms with Crippen molar-refractivity contribution in [2.24, 2.45) is 5.14 Å². The lowest BCUT2D eigenvalue weighted by atomic mass is 10.1. The van der Waals surface area contributed by atoms with E-state index in [2.05, 4.69) is 0 Å². The van der Waals surface area contributed by atoms with Crippen molar-refractivity contribution in [2.45, 2.75) is 30.8 Å². The predicted molar refractivity (Wildman–Crippen MR) is 99.8 cm³/mol. The van der Waals surface area contributed by atoms with Crippen LogP contribution in [0.15, 0.2) is 41.3 Å². The Kier molecular flexibility index (Phi) is 5.76. The number of benzene rings is 2. The van der Waals surface area contributed by atoms with Gasteiger partial charge in [0, 0.05) is 5.56 Å². The first-order chi connectivity index (χ1) is 13.3. The summed E-state index contributed by atoms with van der Waals surface area (Å²) in [6.07, 6.45) is 0.237. The lowest BCUT2D eigenvalue weighted by molar-refractivity contribution is -0.149. The van der Waals surface area contributed by atoms with Crippen molar-refractivity contribution in [3.05, 3.63) is 47.5 Å². The molecule has 1 aliphatic rings. The number of rotatable bonds is 7. The first-order valence-corrected chi connectivity index (χ1v) is 10.2. The molecule has 2 aromatic carbocycles. The molecule has 0 amide bonds. The maximum Gasteiger partial charge on any atom is 0.351 e. The first-order valence-electron chi connectivity index (χ1n) is 8.63. The summed E-state index contributed by atoms with van der Waals surface area (Å²) >= 11 is 0. The first kappa shape index (κ1) is 20.0. The number of nitrogens with two attached hydrogens (primary N) is 1. The van der Waals surface area contributed by atoms with Gasteiger partial charge in [0.2, 0.25) is 22.9 Å². The highest BCUT2D eigenvalue weighted by Crippen LogP contribution is 2.36. The minimum Gasteiger partial charge on any atom is -0.474 e. The molecule has 0 saturated carbocycles. The molecule has 3 rings (SSSR count). The molecular formula is C19H21NO7S. The molecule has 0 fully saturated rings. The Labute approximate surface area is 163 Å². The average Bonchev–Trinajstić information content (AvgIpc) is 3.13. The molecule has 1 unspecified atom stereocenters. The number of hydrogen-bond acceptors (Lipinski definition) is 7. The molecule has 28 heavy (non-hydrogen) atoms. The fourth-order valence-electron chi connectivity index (χ4n) is 2.87. The lowest BCUT2D eigenvalue weighted by Crippen LogP contribution is -2.21. The van der Waals surface area contributed by atoms with Crippen molar-refractivity contribution in [2.75, 3.05) is 13.9 Å². The van der Waals surface area contributed by atoms with Crippen LogP contribution in [0, 0.1) is 0 Å². The molecule has 0 aromatic heterocycles. The third-order valence-corrected chi connectivity index (χ3v) is 5.15. The van der Waals surface area contributed by atoms with Crippen molar-refractivity contribution in [1.29, 1.82) is 0 Å². The number of ether oxygens (including phenoxy) is 4. The van der Waals surface area contributed by atoms with Gasteiger partial charge < -0.3 is 18.9 Å². The third kappa shape index (κ3) is 4.20. The van der Waals surface area contributed by atoms with E-state index >= 15 is 0 Å². The Morgan fingerprint density at radius 2 is 1.93 bits per heavy atom. The van der Waals surface area contributed by atoms with Crippen molar-refractivity contribution in [3.63, 3.8) is 0 Å². The number of carbonyl (C=O) groups excluding carboxylic acids is 1. The van der Waals surface area contributed by atoms with Gasteiger partial charge in [-0.15, -0.1) is 0 Å². The average molecular weight is 407 g/mol. The zero-order chi connectivity index (χ0) is 20.3. The van der Waals surface area contributed by atoms with Crippen LogP contribution in [0.25, 0.3) is 0 Å². The zero-order valence-corrected chi connectivity index (χ0v) is 16.3. The monoisotopic (exact) mass is 407 g/mol. The minimum absolute atomic E-state index is 0.0130. The van der Waals surface area contributed by atoms with E-state index in [0.29, 0.717) is 34.8 Å². The molecule has 1 atom stereocenters. The normalized spacial score (nSPS) is 13.8. The number of fused-ring (bicyclic) bond motifs is 1. The molecule has 8 nitrogen and oxygen atoms in total. The van der Waals surface area contributed by atoms with Crippen LogP contribution in [0.2, 0.25) is 0 Å². The van der Waals surface area contributed by atoms with Crippen LogP contribution in [0.1, 0.15) is 30.6 Å². The largest absolute Gasteiger partial charge is 0.474 e. The van der Waals surface area contributed by atoms with E-state index < -0.39 is 22.1 Å². The molecule has 0 saturated heterocycles. The number of hydrogen-bond donors (Lipinski definition) is 1. The summed E-state index contributed by atoms with van der Waals surface area (Å²) in [6.45, 7) is 2.06. The molecule has 0 radical (unpaired) electrons. The highest BCUT2D eigenvalue weighted by molar-refractivity contribution is 7.89. The molecular weight excluding hydrogens is 386 g/mol. The maximum absolute atomic E-state index is 12.4. The molecule has 0 spiro atoms. The topological polar surface area (TPSA) is 114 Å². The number of esters is 1. The van der Waals surface area contributed by atoms with E-state index in [0.717, 1.165) is 6.42 Å². The fourth-order valence-corrected chi connectivity index (χ4v) is 3.44. The Hall–Kier alpha value is -2.78. The Morgan fingerprint density at radius 1 is 1.18 bits per heavy atom. The van der Waals surface area contributed by atoms with Gasteiger partial charge in [-0.25, -0.2) is 18.4 Å². The molecule has 0 aliphatic carbocycles. The molecule has 1 heterocycles. The summed E-state index contributed by atoms with van der Waals surface area (Å²) in [6, 6.07) is 9.33. The van der Waals surface area contributed by atoms with Gasteiger partial charge in [-0.05, 0) is 42.3 Å². The fraction of sp³-hybridized carbons (Fsp3) is 0.316. The van der Waals surface area contributed by atoms with Crippen LogP contribution in [0.5, 0.6) is 17.2 Å². The van der Waals surface area contributed by atoms with E-state index in [-0.39, 0.29) is 11.7 Å². The Bertz CT molecular complexity index is 988. The van der Waals surface area contributed by atoms with E-state index in [1.54, 1.807) is 18.2 Å². The molecule has 2 aromatic rings. The number of sulfonamides is 1. The van der Waals surface area contributed by atoms with Gasteiger partial charge in [-0.1, -0.05) is 19.4 Å². The van der Waals surface area contributed by atoms with Crippen LogP contribution in [0.4, 0.5) is 0 Å². The van der Waals surface area contributed by atoms with Crippen molar-refractivity contribution >= 4 is 16.0 Å². The second kappa shape index (κ2) is 8.07. The Balaban J connectivity index is 1.98. The van der Waals surface area contributed by atoms with Crippen LogP contribution < -0.4 is 19.3 Å². The number of aryl methyl sites for hydroxylation is 1. The smallest absolute Gasteiger partial charge is 0.351 e. The van der Waals surface area contributed by atoms with Crippen LogP contribution in [-0.4, -0.2) is 28.3 Å². The summed E-state index contributed by atoms with van der Waals surface area (Å²) < 4.78 is 44.8. The molecule has 1 aliphatic heterocycles. The quantitative estimate of drug-likeness (QED) is 0.701. The van der Waals surface area contributed by atoms with Crippen LogP contribution >= 0.6 is 0 Å². The standard InChI is InChI=1S/C19H21NO7S/c1-3-4-12-9-14(28(20,22)23)6-8-15(12)27-18(19(21)24-2)13-5-7-16-17(10-13)26-11-25-16/h5-10,18H,3-4,11H2,1-2H3,(H2,20,22,23). The summed E-state index contributed by atoms with van der Waals surface area (Å²) in [5, 5.41) is 5.22. The van der Waals surface area contributed by atoms with Gasteiger partial charge in [-0.3, -0.25) is 0 Å². The number of primary sulfonamides is 1. The zero-order valence-electron chi connectivity index (χ0n) is 15.5. The number of carbonyl (C=O) groups is 1. The van der Waals surface area contributed by atoms with Gasteiger partial charge in [0.1, 0.15) is 5.75 Å². The van der Waals surface area contributed by atoms with Crippen molar-refractivity contribution < 1.29 is 32.2 Å². The molecule has 150 valence electrons. The van der Waals surface area contributed by atoms with Gasteiger partial charge >= 0.3 is 5.97 Å². The second-order valence-electron chi connectivity index (χ2n) is 6.20. The van der Waals surface area contributed by atoms with Gasteiger partial charge in [0.25, 0.3) is 0 Å². The molecule has 9 heteroatoms. The van der Waals surface area contributed by atoms with E-state index in [1.807, 2.05) is 6.92 Å². The second-order valence-corrected chi connectivity index (χ2v) is 7.76. The van der Waals surface area contributed by atoms with E-state index in [4.69, 9.17) is 24.1 Å². The minimum atomic E-state index is -3.85. The van der Waals surface area contributed by atoms with Gasteiger partial charge in [-0.2, -0.15) is 0 Å². The lowest BCUT2D eigenvalue weighted by Gasteiger charge is -2.20. The van der Waals surface area contributed by atoms with Gasteiger partial charge in [0.05, 0.1) is 12.0 Å². The molecule has 0 bridgehead atoms. The summed E-state index contributed by atoms with van der Waals surface area (Å²) in [5.41, 5.74) is 1.15. The Morgan fingerprint density at radius 3 is 2.61 bits per heavy atom. The highest BCUT2D eigenvalue weighted by atomic mass is 32.2. The maximum atomic E-state index is 12.4. The van der Waals surface area contributed by atoms with E-state index in [9.17, 15) is 13.2 Å².